The van der Waals surface area contributed by atoms with E-state index in [1.165, 1.54) is 18.2 Å². The maximum absolute atomic E-state index is 10.6. The minimum Gasteiger partial charge on any atom is -0.258 e. The summed E-state index contributed by atoms with van der Waals surface area (Å²) < 4.78 is 0.637. The first-order valence-electron chi connectivity index (χ1n) is 3.65. The molecule has 0 atom stereocenters. The van der Waals surface area contributed by atoms with Crippen molar-refractivity contribution in [1.29, 1.82) is 5.26 Å². The highest BCUT2D eigenvalue weighted by Crippen LogP contribution is 2.24. The zero-order valence-corrected chi connectivity index (χ0v) is 8.56. The summed E-state index contributed by atoms with van der Waals surface area (Å²) in [6.07, 6.45) is 2.61. The normalized spacial score (nSPS) is 10.0. The molecule has 0 N–H and O–H groups in total. The summed E-state index contributed by atoms with van der Waals surface area (Å²) in [4.78, 5) is 10.1. The Kier molecular flexibility index (Phi) is 3.37. The molecule has 1 aromatic carbocycles. The molecule has 0 aromatic heterocycles. The van der Waals surface area contributed by atoms with E-state index in [1.807, 2.05) is 0 Å². The summed E-state index contributed by atoms with van der Waals surface area (Å²) in [6, 6.07) is 6.45. The van der Waals surface area contributed by atoms with Gasteiger partial charge in [-0.2, -0.15) is 5.26 Å². The van der Waals surface area contributed by atoms with Crippen LogP contribution in [0.15, 0.2) is 28.7 Å². The number of hydrogen-bond acceptors (Lipinski definition) is 3. The van der Waals surface area contributed by atoms with Crippen LogP contribution >= 0.6 is 15.9 Å². The molecule has 5 heteroatoms. The van der Waals surface area contributed by atoms with Gasteiger partial charge in [0.2, 0.25) is 0 Å². The van der Waals surface area contributed by atoms with Crippen molar-refractivity contribution >= 4 is 27.7 Å². The molecule has 14 heavy (non-hydrogen) atoms. The number of nitrogens with zero attached hydrogens (tertiary/aromatic N) is 2. The molecule has 70 valence electrons. The van der Waals surface area contributed by atoms with Gasteiger partial charge in [0, 0.05) is 16.6 Å². The van der Waals surface area contributed by atoms with E-state index in [-0.39, 0.29) is 5.69 Å². The Morgan fingerprint density at radius 1 is 1.57 bits per heavy atom. The minimum absolute atomic E-state index is 0.0223. The Bertz CT molecular complexity index is 435. The van der Waals surface area contributed by atoms with E-state index in [2.05, 4.69) is 15.9 Å². The second kappa shape index (κ2) is 4.53. The summed E-state index contributed by atoms with van der Waals surface area (Å²) in [5, 5.41) is 18.9. The first-order valence-corrected chi connectivity index (χ1v) is 4.44. The van der Waals surface area contributed by atoms with Crippen LogP contribution in [0.25, 0.3) is 6.08 Å². The highest BCUT2D eigenvalue weighted by atomic mass is 79.9. The number of rotatable bonds is 2. The lowest BCUT2D eigenvalue weighted by Crippen LogP contribution is -1.90. The molecule has 0 amide bonds. The summed E-state index contributed by atoms with van der Waals surface area (Å²) in [6.45, 7) is 0. The SMILES string of the molecule is N#C/C=C/c1ccc(Br)cc1[N+](=O)[O-]. The van der Waals surface area contributed by atoms with Crippen molar-refractivity contribution in [3.05, 3.63) is 44.4 Å². The summed E-state index contributed by atoms with van der Waals surface area (Å²) in [5.74, 6) is 0. The van der Waals surface area contributed by atoms with Crippen LogP contribution in [0.1, 0.15) is 5.56 Å². The number of benzene rings is 1. The van der Waals surface area contributed by atoms with Gasteiger partial charge in [0.15, 0.2) is 0 Å². The van der Waals surface area contributed by atoms with Crippen LogP contribution in [-0.2, 0) is 0 Å². The maximum Gasteiger partial charge on any atom is 0.277 e. The lowest BCUT2D eigenvalue weighted by Gasteiger charge is -1.97. The average molecular weight is 253 g/mol. The molecule has 0 saturated carbocycles. The fourth-order valence-electron chi connectivity index (χ4n) is 0.943. The lowest BCUT2D eigenvalue weighted by molar-refractivity contribution is -0.385. The zero-order chi connectivity index (χ0) is 10.6. The van der Waals surface area contributed by atoms with Crippen LogP contribution in [0, 0.1) is 21.4 Å². The van der Waals surface area contributed by atoms with Crippen molar-refractivity contribution in [1.82, 2.24) is 0 Å². The second-order valence-electron chi connectivity index (χ2n) is 2.42. The monoisotopic (exact) mass is 252 g/mol. The highest BCUT2D eigenvalue weighted by molar-refractivity contribution is 9.10. The van der Waals surface area contributed by atoms with Gasteiger partial charge in [0.1, 0.15) is 0 Å². The predicted molar refractivity (Wildman–Crippen MR) is 55.4 cm³/mol. The standard InChI is InChI=1S/C9H5BrN2O2/c10-8-4-3-7(2-1-5-11)9(6-8)12(13)14/h1-4,6H/b2-1+. The van der Waals surface area contributed by atoms with Gasteiger partial charge in [0.25, 0.3) is 5.69 Å². The molecule has 0 spiro atoms. The van der Waals surface area contributed by atoms with Crippen molar-refractivity contribution < 1.29 is 4.92 Å². The fourth-order valence-corrected chi connectivity index (χ4v) is 1.29. The van der Waals surface area contributed by atoms with Crippen LogP contribution in [0.4, 0.5) is 5.69 Å². The molecular formula is C9H5BrN2O2. The third-order valence-electron chi connectivity index (χ3n) is 1.53. The molecular weight excluding hydrogens is 248 g/mol. The average Bonchev–Trinajstić information content (AvgIpc) is 2.15. The number of nitriles is 1. The third-order valence-corrected chi connectivity index (χ3v) is 2.02. The van der Waals surface area contributed by atoms with Crippen molar-refractivity contribution in [2.75, 3.05) is 0 Å². The number of nitro benzene ring substituents is 1. The van der Waals surface area contributed by atoms with E-state index in [4.69, 9.17) is 5.26 Å². The third kappa shape index (κ3) is 2.41. The van der Waals surface area contributed by atoms with Crippen molar-refractivity contribution in [2.24, 2.45) is 0 Å². The Morgan fingerprint density at radius 2 is 2.29 bits per heavy atom. The molecule has 1 aromatic rings. The van der Waals surface area contributed by atoms with Crippen LogP contribution in [0.2, 0.25) is 0 Å². The molecule has 0 radical (unpaired) electrons. The maximum atomic E-state index is 10.6. The smallest absolute Gasteiger partial charge is 0.258 e. The Balaban J connectivity index is 3.23. The van der Waals surface area contributed by atoms with E-state index >= 15 is 0 Å². The molecule has 0 heterocycles. The number of allylic oxidation sites excluding steroid dienone is 1. The highest BCUT2D eigenvalue weighted by Gasteiger charge is 2.11. The van der Waals surface area contributed by atoms with Gasteiger partial charge in [-0.25, -0.2) is 0 Å². The summed E-state index contributed by atoms with van der Waals surface area (Å²) in [5.41, 5.74) is 0.394. The van der Waals surface area contributed by atoms with Gasteiger partial charge in [-0.3, -0.25) is 10.1 Å². The quantitative estimate of drug-likeness (QED) is 0.462. The predicted octanol–water partition coefficient (Wildman–Crippen LogP) is 2.89. The molecule has 0 unspecified atom stereocenters. The van der Waals surface area contributed by atoms with Crippen LogP contribution in [0.5, 0.6) is 0 Å². The lowest BCUT2D eigenvalue weighted by atomic mass is 10.2. The number of halogens is 1. The van der Waals surface area contributed by atoms with E-state index < -0.39 is 4.92 Å². The number of hydrogen-bond donors (Lipinski definition) is 0. The van der Waals surface area contributed by atoms with Gasteiger partial charge in [-0.05, 0) is 18.2 Å². The van der Waals surface area contributed by atoms with Gasteiger partial charge in [-0.15, -0.1) is 0 Å². The van der Waals surface area contributed by atoms with Crippen LogP contribution in [-0.4, -0.2) is 4.92 Å². The van der Waals surface area contributed by atoms with E-state index in [0.717, 1.165) is 0 Å². The van der Waals surface area contributed by atoms with Gasteiger partial charge >= 0.3 is 0 Å². The Labute approximate surface area is 88.7 Å². The molecule has 0 saturated heterocycles. The van der Waals surface area contributed by atoms with E-state index in [9.17, 15) is 10.1 Å². The summed E-state index contributed by atoms with van der Waals surface area (Å²) >= 11 is 3.14. The van der Waals surface area contributed by atoms with Crippen molar-refractivity contribution in [2.45, 2.75) is 0 Å². The van der Waals surface area contributed by atoms with Crippen molar-refractivity contribution in [3.8, 4) is 6.07 Å². The van der Waals surface area contributed by atoms with Gasteiger partial charge in [0.05, 0.1) is 16.6 Å². The number of nitro groups is 1. The molecule has 0 aliphatic rings. The van der Waals surface area contributed by atoms with Crippen molar-refractivity contribution in [3.63, 3.8) is 0 Å². The molecule has 0 bridgehead atoms. The molecule has 0 aliphatic heterocycles. The fraction of sp³-hybridized carbons (Fsp3) is 0. The zero-order valence-electron chi connectivity index (χ0n) is 6.98. The van der Waals surface area contributed by atoms with Crippen LogP contribution < -0.4 is 0 Å². The molecule has 4 nitrogen and oxygen atoms in total. The summed E-state index contributed by atoms with van der Waals surface area (Å²) in [7, 11) is 0. The largest absolute Gasteiger partial charge is 0.277 e. The van der Waals surface area contributed by atoms with E-state index in [0.29, 0.717) is 10.0 Å². The molecule has 0 fully saturated rings. The Morgan fingerprint density at radius 3 is 2.86 bits per heavy atom. The first-order chi connectivity index (χ1) is 6.65. The molecule has 0 aliphatic carbocycles. The van der Waals surface area contributed by atoms with Crippen LogP contribution in [0.3, 0.4) is 0 Å². The Hall–Kier alpha value is -1.67. The van der Waals surface area contributed by atoms with Gasteiger partial charge in [-0.1, -0.05) is 15.9 Å². The van der Waals surface area contributed by atoms with Gasteiger partial charge < -0.3 is 0 Å². The minimum atomic E-state index is -0.484. The second-order valence-corrected chi connectivity index (χ2v) is 3.34. The first kappa shape index (κ1) is 10.4. The topological polar surface area (TPSA) is 66.9 Å². The van der Waals surface area contributed by atoms with E-state index in [1.54, 1.807) is 18.2 Å². The molecule has 1 rings (SSSR count).